The van der Waals surface area contributed by atoms with Gasteiger partial charge in [0.15, 0.2) is 0 Å². The lowest BCUT2D eigenvalue weighted by Gasteiger charge is -2.30. The number of amides is 1. The zero-order valence-corrected chi connectivity index (χ0v) is 9.49. The van der Waals surface area contributed by atoms with Crippen LogP contribution in [0.2, 0.25) is 0 Å². The standard InChI is InChI=1S/C12H17N3O/c1-9-6-10(7-13)2-3-11(9)15-5-4-14-12(16)8-15/h2-3,6H,4-5,7-8,13H2,1H3,(H,14,16). The Morgan fingerprint density at radius 3 is 2.94 bits per heavy atom. The Labute approximate surface area is 95.4 Å². The number of nitrogens with two attached hydrogens (primary N) is 1. The van der Waals surface area contributed by atoms with Crippen LogP contribution >= 0.6 is 0 Å². The summed E-state index contributed by atoms with van der Waals surface area (Å²) in [5.41, 5.74) is 9.03. The first-order valence-electron chi connectivity index (χ1n) is 5.52. The van der Waals surface area contributed by atoms with Crippen molar-refractivity contribution in [2.24, 2.45) is 5.73 Å². The summed E-state index contributed by atoms with van der Waals surface area (Å²) in [6.07, 6.45) is 0. The van der Waals surface area contributed by atoms with Crippen LogP contribution in [0.4, 0.5) is 5.69 Å². The molecule has 1 aliphatic rings. The lowest BCUT2D eigenvalue weighted by Crippen LogP contribution is -2.47. The highest BCUT2D eigenvalue weighted by atomic mass is 16.2. The van der Waals surface area contributed by atoms with Gasteiger partial charge < -0.3 is 16.0 Å². The van der Waals surface area contributed by atoms with Crippen molar-refractivity contribution in [3.8, 4) is 0 Å². The number of carbonyl (C=O) groups is 1. The van der Waals surface area contributed by atoms with E-state index in [4.69, 9.17) is 5.73 Å². The Morgan fingerprint density at radius 2 is 2.31 bits per heavy atom. The van der Waals surface area contributed by atoms with Gasteiger partial charge >= 0.3 is 0 Å². The molecule has 2 rings (SSSR count). The number of nitrogens with zero attached hydrogens (tertiary/aromatic N) is 1. The van der Waals surface area contributed by atoms with Gasteiger partial charge in [-0.3, -0.25) is 4.79 Å². The van der Waals surface area contributed by atoms with Crippen LogP contribution in [0.3, 0.4) is 0 Å². The van der Waals surface area contributed by atoms with Gasteiger partial charge in [-0.2, -0.15) is 0 Å². The molecule has 86 valence electrons. The maximum Gasteiger partial charge on any atom is 0.239 e. The van der Waals surface area contributed by atoms with E-state index in [9.17, 15) is 4.79 Å². The smallest absolute Gasteiger partial charge is 0.239 e. The van der Waals surface area contributed by atoms with Gasteiger partial charge in [0, 0.05) is 25.3 Å². The third-order valence-corrected chi connectivity index (χ3v) is 2.88. The van der Waals surface area contributed by atoms with E-state index in [1.54, 1.807) is 0 Å². The maximum atomic E-state index is 11.3. The van der Waals surface area contributed by atoms with Crippen molar-refractivity contribution in [2.75, 3.05) is 24.5 Å². The van der Waals surface area contributed by atoms with Gasteiger partial charge in [0.1, 0.15) is 0 Å². The molecule has 1 aromatic carbocycles. The summed E-state index contributed by atoms with van der Waals surface area (Å²) in [6, 6.07) is 6.16. The fraction of sp³-hybridized carbons (Fsp3) is 0.417. The summed E-state index contributed by atoms with van der Waals surface area (Å²) in [4.78, 5) is 13.4. The molecule has 1 aliphatic heterocycles. The average Bonchev–Trinajstić information content (AvgIpc) is 2.28. The lowest BCUT2D eigenvalue weighted by atomic mass is 10.1. The van der Waals surface area contributed by atoms with Crippen molar-refractivity contribution in [2.45, 2.75) is 13.5 Å². The molecule has 1 amide bonds. The lowest BCUT2D eigenvalue weighted by molar-refractivity contribution is -0.120. The van der Waals surface area contributed by atoms with Gasteiger partial charge in [-0.1, -0.05) is 12.1 Å². The first-order valence-corrected chi connectivity index (χ1v) is 5.52. The van der Waals surface area contributed by atoms with Gasteiger partial charge in [0.05, 0.1) is 6.54 Å². The summed E-state index contributed by atoms with van der Waals surface area (Å²) in [6.45, 7) is 4.65. The van der Waals surface area contributed by atoms with Crippen LogP contribution in [-0.4, -0.2) is 25.5 Å². The van der Waals surface area contributed by atoms with Gasteiger partial charge in [-0.25, -0.2) is 0 Å². The van der Waals surface area contributed by atoms with Crippen LogP contribution in [0.25, 0.3) is 0 Å². The van der Waals surface area contributed by atoms with Crippen LogP contribution in [0.1, 0.15) is 11.1 Å². The Morgan fingerprint density at radius 1 is 1.50 bits per heavy atom. The number of rotatable bonds is 2. The molecule has 0 spiro atoms. The zero-order chi connectivity index (χ0) is 11.5. The van der Waals surface area contributed by atoms with Crippen molar-refractivity contribution in [1.82, 2.24) is 5.32 Å². The second-order valence-corrected chi connectivity index (χ2v) is 4.10. The van der Waals surface area contributed by atoms with E-state index >= 15 is 0 Å². The summed E-state index contributed by atoms with van der Waals surface area (Å²) >= 11 is 0. The van der Waals surface area contributed by atoms with Gasteiger partial charge in [-0.15, -0.1) is 0 Å². The molecule has 0 unspecified atom stereocenters. The molecule has 0 bridgehead atoms. The molecule has 1 aromatic rings. The third kappa shape index (κ3) is 2.17. The molecule has 0 saturated carbocycles. The quantitative estimate of drug-likeness (QED) is 0.756. The third-order valence-electron chi connectivity index (χ3n) is 2.88. The largest absolute Gasteiger partial charge is 0.360 e. The van der Waals surface area contributed by atoms with Crippen molar-refractivity contribution >= 4 is 11.6 Å². The molecule has 4 heteroatoms. The minimum absolute atomic E-state index is 0.0913. The van der Waals surface area contributed by atoms with E-state index in [0.717, 1.165) is 24.3 Å². The number of hydrogen-bond donors (Lipinski definition) is 2. The predicted molar refractivity (Wildman–Crippen MR) is 64.3 cm³/mol. The molecule has 4 nitrogen and oxygen atoms in total. The summed E-state index contributed by atoms with van der Waals surface area (Å²) in [5.74, 6) is 0.0913. The van der Waals surface area contributed by atoms with E-state index in [1.165, 1.54) is 5.56 Å². The second kappa shape index (κ2) is 4.53. The molecule has 0 radical (unpaired) electrons. The van der Waals surface area contributed by atoms with Crippen LogP contribution < -0.4 is 16.0 Å². The highest BCUT2D eigenvalue weighted by Crippen LogP contribution is 2.21. The van der Waals surface area contributed by atoms with Gasteiger partial charge in [0.2, 0.25) is 5.91 Å². The Kier molecular flexibility index (Phi) is 3.10. The molecule has 1 saturated heterocycles. The first kappa shape index (κ1) is 11.0. The van der Waals surface area contributed by atoms with Crippen LogP contribution in [0.5, 0.6) is 0 Å². The van der Waals surface area contributed by atoms with E-state index in [2.05, 4.69) is 29.3 Å². The second-order valence-electron chi connectivity index (χ2n) is 4.10. The fourth-order valence-corrected chi connectivity index (χ4v) is 2.04. The average molecular weight is 219 g/mol. The number of hydrogen-bond acceptors (Lipinski definition) is 3. The molecule has 1 fully saturated rings. The predicted octanol–water partition coefficient (Wildman–Crippen LogP) is 0.390. The number of aryl methyl sites for hydroxylation is 1. The number of benzene rings is 1. The van der Waals surface area contributed by atoms with E-state index < -0.39 is 0 Å². The minimum atomic E-state index is 0.0913. The highest BCUT2D eigenvalue weighted by Gasteiger charge is 2.17. The van der Waals surface area contributed by atoms with Crippen molar-refractivity contribution in [3.63, 3.8) is 0 Å². The van der Waals surface area contributed by atoms with E-state index in [-0.39, 0.29) is 5.91 Å². The van der Waals surface area contributed by atoms with Crippen LogP contribution in [-0.2, 0) is 11.3 Å². The highest BCUT2D eigenvalue weighted by molar-refractivity contribution is 5.83. The molecular weight excluding hydrogens is 202 g/mol. The first-order chi connectivity index (χ1) is 7.70. The molecule has 3 N–H and O–H groups in total. The summed E-state index contributed by atoms with van der Waals surface area (Å²) < 4.78 is 0. The molecule has 0 aromatic heterocycles. The van der Waals surface area contributed by atoms with Crippen LogP contribution in [0.15, 0.2) is 18.2 Å². The molecule has 0 atom stereocenters. The molecule has 16 heavy (non-hydrogen) atoms. The SMILES string of the molecule is Cc1cc(CN)ccc1N1CCNC(=O)C1. The van der Waals surface area contributed by atoms with E-state index in [0.29, 0.717) is 13.1 Å². The fourth-order valence-electron chi connectivity index (χ4n) is 2.04. The molecule has 0 aliphatic carbocycles. The number of piperazine rings is 1. The maximum absolute atomic E-state index is 11.3. The molecule has 1 heterocycles. The summed E-state index contributed by atoms with van der Waals surface area (Å²) in [7, 11) is 0. The van der Waals surface area contributed by atoms with Crippen molar-refractivity contribution < 1.29 is 4.79 Å². The van der Waals surface area contributed by atoms with Gasteiger partial charge in [-0.05, 0) is 24.1 Å². The van der Waals surface area contributed by atoms with Crippen molar-refractivity contribution in [3.05, 3.63) is 29.3 Å². The normalized spacial score (nSPS) is 16.1. The van der Waals surface area contributed by atoms with Gasteiger partial charge in [0.25, 0.3) is 0 Å². The topological polar surface area (TPSA) is 58.4 Å². The Bertz CT molecular complexity index is 403. The Balaban J connectivity index is 2.22. The molecular formula is C12H17N3O. The van der Waals surface area contributed by atoms with E-state index in [1.807, 2.05) is 6.07 Å². The monoisotopic (exact) mass is 219 g/mol. The Hall–Kier alpha value is -1.55. The van der Waals surface area contributed by atoms with Crippen molar-refractivity contribution in [1.29, 1.82) is 0 Å². The van der Waals surface area contributed by atoms with Crippen LogP contribution in [0, 0.1) is 6.92 Å². The minimum Gasteiger partial charge on any atom is -0.360 e. The number of carbonyl (C=O) groups excluding carboxylic acids is 1. The summed E-state index contributed by atoms with van der Waals surface area (Å²) in [5, 5.41) is 2.82. The zero-order valence-electron chi connectivity index (χ0n) is 9.49. The number of anilines is 1. The number of nitrogens with one attached hydrogen (secondary N) is 1.